The van der Waals surface area contributed by atoms with Crippen LogP contribution >= 0.6 is 12.2 Å². The predicted octanol–water partition coefficient (Wildman–Crippen LogP) is -0.393. The van der Waals surface area contributed by atoms with Gasteiger partial charge in [0.05, 0.1) is 6.20 Å². The Labute approximate surface area is 137 Å². The van der Waals surface area contributed by atoms with E-state index < -0.39 is 17.4 Å². The minimum Gasteiger partial charge on any atom is -0.402 e. The molecule has 0 saturated heterocycles. The smallest absolute Gasteiger partial charge is 0.271 e. The van der Waals surface area contributed by atoms with Crippen molar-refractivity contribution in [3.05, 3.63) is 23.7 Å². The third kappa shape index (κ3) is 3.92. The summed E-state index contributed by atoms with van der Waals surface area (Å²) in [4.78, 5) is 31.3. The number of carbonyl (C=O) groups is 2. The molecular weight excluding hydrogens is 318 g/mol. The molecule has 1 aromatic rings. The highest BCUT2D eigenvalue weighted by Crippen LogP contribution is 2.38. The Kier molecular flexibility index (Phi) is 4.45. The van der Waals surface area contributed by atoms with E-state index in [4.69, 9.17) is 29.4 Å². The molecule has 0 unspecified atom stereocenters. The van der Waals surface area contributed by atoms with E-state index in [0.717, 1.165) is 0 Å². The minimum absolute atomic E-state index is 0.0743. The molecule has 1 saturated carbocycles. The normalized spacial score (nSPS) is 15.6. The van der Waals surface area contributed by atoms with E-state index in [0.29, 0.717) is 18.5 Å². The molecule has 2 rings (SSSR count). The topological polar surface area (TPSA) is 162 Å². The van der Waals surface area contributed by atoms with Crippen molar-refractivity contribution in [2.45, 2.75) is 25.3 Å². The quantitative estimate of drug-likeness (QED) is 0.346. The maximum atomic E-state index is 11.4. The van der Waals surface area contributed by atoms with Crippen molar-refractivity contribution in [2.24, 2.45) is 17.2 Å². The molecule has 122 valence electrons. The maximum absolute atomic E-state index is 11.4. The zero-order valence-electron chi connectivity index (χ0n) is 12.4. The molecule has 0 aliphatic heterocycles. The lowest BCUT2D eigenvalue weighted by atomic mass is 10.2. The summed E-state index contributed by atoms with van der Waals surface area (Å²) in [5.74, 6) is -0.876. The van der Waals surface area contributed by atoms with Crippen LogP contribution in [0.25, 0.3) is 0 Å². The number of thiocarbonyl (C=S) groups is 1. The lowest BCUT2D eigenvalue weighted by Gasteiger charge is -2.15. The maximum Gasteiger partial charge on any atom is 0.271 e. The van der Waals surface area contributed by atoms with E-state index in [1.807, 2.05) is 0 Å². The van der Waals surface area contributed by atoms with Gasteiger partial charge in [-0.3, -0.25) is 9.59 Å². The summed E-state index contributed by atoms with van der Waals surface area (Å²) in [6.45, 7) is 1.66. The standard InChI is InChI=1S/C13H17N7O2S/c1-6(14)4-8(23)19-11-9(10(15)21)17-5-7(18-11)20-13(2-3-13)12(16)22/h4-5H,2-3,14H2,1H3,(H2,15,21)(H2,16,22)(H2,18,19,20,23). The first kappa shape index (κ1) is 16.6. The number of allylic oxidation sites excluding steroid dienone is 1. The molecule has 23 heavy (non-hydrogen) atoms. The van der Waals surface area contributed by atoms with Crippen molar-refractivity contribution >= 4 is 40.7 Å². The second kappa shape index (κ2) is 6.16. The minimum atomic E-state index is -0.811. The van der Waals surface area contributed by atoms with Crippen molar-refractivity contribution in [1.29, 1.82) is 0 Å². The highest BCUT2D eigenvalue weighted by Gasteiger charge is 2.49. The van der Waals surface area contributed by atoms with Gasteiger partial charge in [-0.05, 0) is 25.8 Å². The molecule has 8 N–H and O–H groups in total. The van der Waals surface area contributed by atoms with Crippen LogP contribution in [0.1, 0.15) is 30.3 Å². The van der Waals surface area contributed by atoms with Gasteiger partial charge >= 0.3 is 0 Å². The van der Waals surface area contributed by atoms with Crippen molar-refractivity contribution in [1.82, 2.24) is 9.97 Å². The first-order chi connectivity index (χ1) is 10.7. The average Bonchev–Trinajstić information content (AvgIpc) is 3.18. The summed E-state index contributed by atoms with van der Waals surface area (Å²) in [6.07, 6.45) is 4.02. The molecule has 1 fully saturated rings. The van der Waals surface area contributed by atoms with Crippen LogP contribution in [-0.4, -0.2) is 32.3 Å². The predicted molar refractivity (Wildman–Crippen MR) is 89.5 cm³/mol. The molecule has 1 aliphatic rings. The number of nitrogens with two attached hydrogens (primary N) is 3. The van der Waals surface area contributed by atoms with Crippen LogP contribution in [0.3, 0.4) is 0 Å². The fourth-order valence-electron chi connectivity index (χ4n) is 1.88. The average molecular weight is 335 g/mol. The Bertz CT molecular complexity index is 708. The molecule has 9 nitrogen and oxygen atoms in total. The molecule has 0 aromatic carbocycles. The Morgan fingerprint density at radius 2 is 2.00 bits per heavy atom. The van der Waals surface area contributed by atoms with Gasteiger partial charge in [-0.1, -0.05) is 12.2 Å². The van der Waals surface area contributed by atoms with E-state index in [2.05, 4.69) is 20.6 Å². The van der Waals surface area contributed by atoms with E-state index in [1.54, 1.807) is 6.92 Å². The van der Waals surface area contributed by atoms with Crippen molar-refractivity contribution in [2.75, 3.05) is 10.6 Å². The van der Waals surface area contributed by atoms with Crippen molar-refractivity contribution < 1.29 is 9.59 Å². The SMILES string of the molecule is CC(N)=CC(=S)Nc1nc(NC2(C(N)=O)CC2)cnc1C(N)=O. The fourth-order valence-corrected chi connectivity index (χ4v) is 2.16. The summed E-state index contributed by atoms with van der Waals surface area (Å²) in [5.41, 5.74) is 15.8. The number of rotatable bonds is 6. The van der Waals surface area contributed by atoms with Gasteiger partial charge in [0, 0.05) is 5.70 Å². The number of nitrogens with one attached hydrogen (secondary N) is 2. The third-order valence-corrected chi connectivity index (χ3v) is 3.42. The van der Waals surface area contributed by atoms with Crippen molar-refractivity contribution in [3.8, 4) is 0 Å². The number of primary amides is 2. The molecule has 0 spiro atoms. The molecule has 10 heteroatoms. The Balaban J connectivity index is 2.29. The Hall–Kier alpha value is -2.75. The second-order valence-electron chi connectivity index (χ2n) is 5.27. The first-order valence-electron chi connectivity index (χ1n) is 6.73. The fraction of sp³-hybridized carbons (Fsp3) is 0.308. The molecule has 1 aliphatic carbocycles. The van der Waals surface area contributed by atoms with Crippen molar-refractivity contribution in [3.63, 3.8) is 0 Å². The van der Waals surface area contributed by atoms with Crippen LogP contribution in [0.4, 0.5) is 11.6 Å². The third-order valence-electron chi connectivity index (χ3n) is 3.20. The van der Waals surface area contributed by atoms with Gasteiger partial charge in [-0.25, -0.2) is 9.97 Å². The van der Waals surface area contributed by atoms with E-state index in [1.165, 1.54) is 12.3 Å². The second-order valence-corrected chi connectivity index (χ2v) is 5.71. The van der Waals surface area contributed by atoms with Crippen LogP contribution < -0.4 is 27.8 Å². The van der Waals surface area contributed by atoms with Gasteiger partial charge in [0.2, 0.25) is 5.91 Å². The van der Waals surface area contributed by atoms with Crippen LogP contribution in [-0.2, 0) is 4.79 Å². The molecule has 0 atom stereocenters. The van der Waals surface area contributed by atoms with Gasteiger partial charge in [0.1, 0.15) is 16.3 Å². The molecule has 0 radical (unpaired) electrons. The molecule has 1 heterocycles. The summed E-state index contributed by atoms with van der Waals surface area (Å²) in [6, 6.07) is 0. The zero-order valence-corrected chi connectivity index (χ0v) is 13.2. The number of nitrogens with zero attached hydrogens (tertiary/aromatic N) is 2. The number of carbonyl (C=O) groups excluding carboxylic acids is 2. The van der Waals surface area contributed by atoms with Crippen LogP contribution in [0, 0.1) is 0 Å². The van der Waals surface area contributed by atoms with E-state index in [9.17, 15) is 9.59 Å². The number of aromatic nitrogens is 2. The molecular formula is C13H17N7O2S. The molecule has 0 bridgehead atoms. The number of hydrogen-bond acceptors (Lipinski definition) is 7. The van der Waals surface area contributed by atoms with Crippen LogP contribution in [0.2, 0.25) is 0 Å². The number of hydrogen-bond donors (Lipinski definition) is 5. The largest absolute Gasteiger partial charge is 0.402 e. The van der Waals surface area contributed by atoms with Gasteiger partial charge < -0.3 is 27.8 Å². The lowest BCUT2D eigenvalue weighted by molar-refractivity contribution is -0.119. The highest BCUT2D eigenvalue weighted by molar-refractivity contribution is 7.81. The Morgan fingerprint density at radius 1 is 1.35 bits per heavy atom. The van der Waals surface area contributed by atoms with E-state index in [-0.39, 0.29) is 22.3 Å². The lowest BCUT2D eigenvalue weighted by Crippen LogP contribution is -2.38. The number of anilines is 2. The Morgan fingerprint density at radius 3 is 2.48 bits per heavy atom. The van der Waals surface area contributed by atoms with Gasteiger partial charge in [0.25, 0.3) is 5.91 Å². The first-order valence-corrected chi connectivity index (χ1v) is 7.14. The zero-order chi connectivity index (χ0) is 17.2. The van der Waals surface area contributed by atoms with Gasteiger partial charge in [-0.2, -0.15) is 0 Å². The van der Waals surface area contributed by atoms with E-state index >= 15 is 0 Å². The summed E-state index contributed by atoms with van der Waals surface area (Å²) in [7, 11) is 0. The summed E-state index contributed by atoms with van der Waals surface area (Å²) < 4.78 is 0. The molecule has 2 amide bonds. The van der Waals surface area contributed by atoms with Gasteiger partial charge in [-0.15, -0.1) is 0 Å². The van der Waals surface area contributed by atoms with Crippen LogP contribution in [0.15, 0.2) is 18.0 Å². The molecule has 1 aromatic heterocycles. The summed E-state index contributed by atoms with van der Waals surface area (Å²) in [5, 5.41) is 5.67. The van der Waals surface area contributed by atoms with Crippen LogP contribution in [0.5, 0.6) is 0 Å². The van der Waals surface area contributed by atoms with Gasteiger partial charge in [0.15, 0.2) is 11.5 Å². The number of amides is 2. The summed E-state index contributed by atoms with van der Waals surface area (Å²) >= 11 is 5.08. The highest BCUT2D eigenvalue weighted by atomic mass is 32.1. The monoisotopic (exact) mass is 335 g/mol.